The molecule has 2 fully saturated rings. The number of nitrogens with one attached hydrogen (secondary N) is 2. The van der Waals surface area contributed by atoms with Crippen LogP contribution in [0.3, 0.4) is 0 Å². The molecule has 198 valence electrons. The summed E-state index contributed by atoms with van der Waals surface area (Å²) in [5.74, 6) is -0.227. The normalized spacial score (nSPS) is 25.7. The summed E-state index contributed by atoms with van der Waals surface area (Å²) in [6, 6.07) is 7.17. The number of alkyl halides is 3. The van der Waals surface area contributed by atoms with E-state index in [2.05, 4.69) is 15.6 Å². The maximum atomic E-state index is 13.3. The maximum absolute atomic E-state index is 13.3. The monoisotopic (exact) mass is 517 g/mol. The molecule has 37 heavy (non-hydrogen) atoms. The third-order valence-corrected chi connectivity index (χ3v) is 7.95. The SMILES string of the molecule is CCC1(CC(=O)O)CCC2CC(c3ccc(NC(=O)Nc4cccc(C(F)(F)F)c4)nc3)CCC2C1=O. The van der Waals surface area contributed by atoms with Gasteiger partial charge < -0.3 is 10.4 Å². The Hall–Kier alpha value is -3.43. The van der Waals surface area contributed by atoms with Crippen LogP contribution in [0.5, 0.6) is 0 Å². The molecule has 0 saturated heterocycles. The van der Waals surface area contributed by atoms with Crippen molar-refractivity contribution in [3.63, 3.8) is 0 Å². The molecule has 0 aliphatic heterocycles. The number of nitrogens with zero attached hydrogens (tertiary/aromatic N) is 1. The summed E-state index contributed by atoms with van der Waals surface area (Å²) < 4.78 is 38.6. The predicted octanol–water partition coefficient (Wildman–Crippen LogP) is 6.48. The lowest BCUT2D eigenvalue weighted by Gasteiger charge is -2.46. The number of aliphatic carboxylic acids is 1. The van der Waals surface area contributed by atoms with E-state index >= 15 is 0 Å². The van der Waals surface area contributed by atoms with Gasteiger partial charge in [-0.25, -0.2) is 9.78 Å². The van der Waals surface area contributed by atoms with Crippen molar-refractivity contribution in [2.75, 3.05) is 10.6 Å². The second kappa shape index (κ2) is 10.5. The van der Waals surface area contributed by atoms with Gasteiger partial charge in [0, 0.05) is 23.2 Å². The molecule has 1 heterocycles. The van der Waals surface area contributed by atoms with Gasteiger partial charge in [0.2, 0.25) is 0 Å². The van der Waals surface area contributed by atoms with Crippen LogP contribution in [-0.2, 0) is 15.8 Å². The van der Waals surface area contributed by atoms with Gasteiger partial charge in [-0.2, -0.15) is 13.2 Å². The lowest BCUT2D eigenvalue weighted by atomic mass is 9.56. The van der Waals surface area contributed by atoms with Crippen molar-refractivity contribution in [1.29, 1.82) is 0 Å². The molecule has 0 radical (unpaired) electrons. The van der Waals surface area contributed by atoms with Crippen molar-refractivity contribution in [2.24, 2.45) is 17.3 Å². The fraction of sp³-hybridized carbons (Fsp3) is 0.481. The van der Waals surface area contributed by atoms with E-state index in [1.165, 1.54) is 12.1 Å². The Bertz CT molecular complexity index is 1170. The first kappa shape index (κ1) is 26.6. The van der Waals surface area contributed by atoms with Crippen molar-refractivity contribution < 1.29 is 32.7 Å². The number of anilines is 2. The highest BCUT2D eigenvalue weighted by molar-refractivity contribution is 5.99. The van der Waals surface area contributed by atoms with Crippen molar-refractivity contribution in [2.45, 2.75) is 64.0 Å². The van der Waals surface area contributed by atoms with Gasteiger partial charge in [0.15, 0.2) is 0 Å². The van der Waals surface area contributed by atoms with E-state index in [9.17, 15) is 32.7 Å². The third-order valence-electron chi connectivity index (χ3n) is 7.95. The van der Waals surface area contributed by atoms with Crippen LogP contribution in [0.1, 0.15) is 68.9 Å². The van der Waals surface area contributed by atoms with Crippen molar-refractivity contribution >= 4 is 29.3 Å². The van der Waals surface area contributed by atoms with E-state index in [-0.39, 0.29) is 41.5 Å². The van der Waals surface area contributed by atoms with Crippen molar-refractivity contribution in [3.8, 4) is 0 Å². The molecule has 1 aromatic heterocycles. The maximum Gasteiger partial charge on any atom is 0.416 e. The number of carboxylic acids is 1. The number of Topliss-reactive ketones (excluding diaryl/α,β-unsaturated/α-hetero) is 1. The van der Waals surface area contributed by atoms with Crippen LogP contribution in [0.25, 0.3) is 0 Å². The summed E-state index contributed by atoms with van der Waals surface area (Å²) in [4.78, 5) is 41.2. The average molecular weight is 518 g/mol. The molecule has 2 aromatic rings. The molecule has 2 amide bonds. The second-order valence-corrected chi connectivity index (χ2v) is 10.1. The van der Waals surface area contributed by atoms with Gasteiger partial charge in [0.25, 0.3) is 0 Å². The minimum absolute atomic E-state index is 0.0122. The lowest BCUT2D eigenvalue weighted by Crippen LogP contribution is -2.46. The lowest BCUT2D eigenvalue weighted by molar-refractivity contribution is -0.151. The zero-order valence-corrected chi connectivity index (χ0v) is 20.5. The number of rotatable bonds is 6. The first-order valence-electron chi connectivity index (χ1n) is 12.5. The number of fused-ring (bicyclic) bond motifs is 1. The fourth-order valence-electron chi connectivity index (χ4n) is 5.92. The number of benzene rings is 1. The van der Waals surface area contributed by atoms with Crippen LogP contribution in [0, 0.1) is 17.3 Å². The Morgan fingerprint density at radius 2 is 1.92 bits per heavy atom. The Morgan fingerprint density at radius 1 is 1.14 bits per heavy atom. The van der Waals surface area contributed by atoms with Crippen LogP contribution in [0.2, 0.25) is 0 Å². The molecule has 2 aliphatic carbocycles. The highest BCUT2D eigenvalue weighted by atomic mass is 19.4. The number of carbonyl (C=O) groups excluding carboxylic acids is 2. The number of hydrogen-bond donors (Lipinski definition) is 3. The Kier molecular flexibility index (Phi) is 7.57. The molecule has 0 bridgehead atoms. The van der Waals surface area contributed by atoms with Gasteiger partial charge in [-0.05, 0) is 80.2 Å². The number of hydrogen-bond acceptors (Lipinski definition) is 4. The molecule has 0 spiro atoms. The topological polar surface area (TPSA) is 108 Å². The number of ketones is 1. The molecular weight excluding hydrogens is 487 g/mol. The summed E-state index contributed by atoms with van der Waals surface area (Å²) in [5.41, 5.74) is -0.598. The predicted molar refractivity (Wildman–Crippen MR) is 131 cm³/mol. The molecule has 4 atom stereocenters. The zero-order chi connectivity index (χ0) is 26.8. The van der Waals surface area contributed by atoms with Crippen LogP contribution in [-0.4, -0.2) is 27.9 Å². The summed E-state index contributed by atoms with van der Waals surface area (Å²) in [6.07, 6.45) is 1.39. The number of halogens is 3. The van der Waals surface area contributed by atoms with Gasteiger partial charge in [-0.15, -0.1) is 0 Å². The number of carboxylic acid groups (broad SMARTS) is 1. The molecular formula is C27H30F3N3O4. The largest absolute Gasteiger partial charge is 0.481 e. The van der Waals surface area contributed by atoms with Crippen LogP contribution in [0.15, 0.2) is 42.6 Å². The minimum atomic E-state index is -4.51. The number of pyridine rings is 1. The molecule has 7 nitrogen and oxygen atoms in total. The standard InChI is InChI=1S/C27H30F3N3O4/c1-2-26(14-23(34)35)11-10-17-12-16(6-8-21(17)24(26)36)18-7-9-22(31-15-18)33-25(37)32-20-5-3-4-19(13-20)27(28,29)30/h3-5,7,9,13,15-17,21H,2,6,8,10-12,14H2,1H3,(H,34,35)(H2,31,32,33,37). The van der Waals surface area contributed by atoms with E-state index in [1.54, 1.807) is 12.3 Å². The van der Waals surface area contributed by atoms with Crippen molar-refractivity contribution in [1.82, 2.24) is 4.98 Å². The Morgan fingerprint density at radius 3 is 2.57 bits per heavy atom. The average Bonchev–Trinajstić information content (AvgIpc) is 2.85. The molecule has 1 aromatic carbocycles. The van der Waals surface area contributed by atoms with E-state index in [0.29, 0.717) is 12.8 Å². The van der Waals surface area contributed by atoms with Crippen LogP contribution >= 0.6 is 0 Å². The van der Waals surface area contributed by atoms with Gasteiger partial charge in [0.1, 0.15) is 11.6 Å². The quantitative estimate of drug-likeness (QED) is 0.407. The van der Waals surface area contributed by atoms with E-state index in [4.69, 9.17) is 0 Å². The molecule has 2 saturated carbocycles. The van der Waals surface area contributed by atoms with Gasteiger partial charge in [-0.1, -0.05) is 19.1 Å². The summed E-state index contributed by atoms with van der Waals surface area (Å²) in [7, 11) is 0. The third kappa shape index (κ3) is 5.94. The smallest absolute Gasteiger partial charge is 0.416 e. The van der Waals surface area contributed by atoms with E-state index < -0.39 is 29.2 Å². The second-order valence-electron chi connectivity index (χ2n) is 10.1. The summed E-state index contributed by atoms with van der Waals surface area (Å²) in [5, 5.41) is 14.2. The fourth-order valence-corrected chi connectivity index (χ4v) is 5.92. The number of aromatic nitrogens is 1. The molecule has 4 unspecified atom stereocenters. The molecule has 10 heteroatoms. The zero-order valence-electron chi connectivity index (χ0n) is 20.5. The minimum Gasteiger partial charge on any atom is -0.481 e. The van der Waals surface area contributed by atoms with Gasteiger partial charge in [-0.3, -0.25) is 14.9 Å². The molecule has 2 aliphatic rings. The van der Waals surface area contributed by atoms with Crippen LogP contribution in [0.4, 0.5) is 29.5 Å². The first-order chi connectivity index (χ1) is 17.5. The highest BCUT2D eigenvalue weighted by Crippen LogP contribution is 2.51. The van der Waals surface area contributed by atoms with Crippen LogP contribution < -0.4 is 10.6 Å². The van der Waals surface area contributed by atoms with E-state index in [1.807, 2.05) is 13.0 Å². The Labute approximate surface area is 212 Å². The number of carbonyl (C=O) groups is 3. The molecule has 4 rings (SSSR count). The molecule has 3 N–H and O–H groups in total. The summed E-state index contributed by atoms with van der Waals surface area (Å²) >= 11 is 0. The summed E-state index contributed by atoms with van der Waals surface area (Å²) in [6.45, 7) is 1.90. The van der Waals surface area contributed by atoms with Gasteiger partial charge >= 0.3 is 18.2 Å². The Balaban J connectivity index is 1.35. The van der Waals surface area contributed by atoms with Gasteiger partial charge in [0.05, 0.1) is 12.0 Å². The number of amides is 2. The van der Waals surface area contributed by atoms with E-state index in [0.717, 1.165) is 43.4 Å². The van der Waals surface area contributed by atoms with Crippen molar-refractivity contribution in [3.05, 3.63) is 53.7 Å². The first-order valence-corrected chi connectivity index (χ1v) is 12.5. The number of urea groups is 1. The highest BCUT2D eigenvalue weighted by Gasteiger charge is 2.50.